The summed E-state index contributed by atoms with van der Waals surface area (Å²) < 4.78 is 5.95. The molecule has 0 spiro atoms. The summed E-state index contributed by atoms with van der Waals surface area (Å²) in [6.45, 7) is 0.770. The highest BCUT2D eigenvalue weighted by atomic mass is 32.1. The summed E-state index contributed by atoms with van der Waals surface area (Å²) in [6, 6.07) is 4.34. The average Bonchev–Trinajstić information content (AvgIpc) is 2.93. The van der Waals surface area contributed by atoms with Gasteiger partial charge in [0.1, 0.15) is 0 Å². The first-order chi connectivity index (χ1) is 7.32. The first-order valence-corrected chi connectivity index (χ1v) is 6.58. The molecule has 2 nitrogen and oxygen atoms in total. The van der Waals surface area contributed by atoms with Crippen molar-refractivity contribution >= 4 is 11.3 Å². The molecule has 3 heterocycles. The second-order valence-electron chi connectivity index (χ2n) is 4.85. The molecule has 2 N–H and O–H groups in total. The Hall–Kier alpha value is -0.380. The van der Waals surface area contributed by atoms with E-state index in [0.29, 0.717) is 12.2 Å². The standard InChI is InChI=1S/C12H17NOS/c13-8-12(7-10-2-1-5-15-10)6-9-3-4-11(12)14-9/h1-2,5,9,11H,3-4,6-8,13H2. The zero-order valence-corrected chi connectivity index (χ0v) is 9.63. The summed E-state index contributed by atoms with van der Waals surface area (Å²) in [5, 5.41) is 2.15. The van der Waals surface area contributed by atoms with Crippen LogP contribution in [0.2, 0.25) is 0 Å². The molecule has 0 aromatic carbocycles. The van der Waals surface area contributed by atoms with Gasteiger partial charge < -0.3 is 10.5 Å². The molecule has 82 valence electrons. The molecule has 2 fully saturated rings. The molecule has 3 rings (SSSR count). The van der Waals surface area contributed by atoms with Crippen molar-refractivity contribution in [3.8, 4) is 0 Å². The number of nitrogens with two attached hydrogens (primary N) is 1. The van der Waals surface area contributed by atoms with E-state index < -0.39 is 0 Å². The number of rotatable bonds is 3. The molecule has 0 saturated carbocycles. The maximum Gasteiger partial charge on any atom is 0.0652 e. The Morgan fingerprint density at radius 1 is 1.53 bits per heavy atom. The van der Waals surface area contributed by atoms with E-state index >= 15 is 0 Å². The first kappa shape index (κ1) is 9.82. The minimum atomic E-state index is 0.244. The van der Waals surface area contributed by atoms with Crippen LogP contribution in [-0.4, -0.2) is 18.8 Å². The Morgan fingerprint density at radius 3 is 3.00 bits per heavy atom. The van der Waals surface area contributed by atoms with Crippen molar-refractivity contribution in [2.24, 2.45) is 11.1 Å². The van der Waals surface area contributed by atoms with E-state index in [-0.39, 0.29) is 5.41 Å². The summed E-state index contributed by atoms with van der Waals surface area (Å²) in [5.41, 5.74) is 6.24. The van der Waals surface area contributed by atoms with E-state index in [4.69, 9.17) is 10.5 Å². The van der Waals surface area contributed by atoms with Gasteiger partial charge in [-0.1, -0.05) is 6.07 Å². The summed E-state index contributed by atoms with van der Waals surface area (Å²) >= 11 is 1.84. The van der Waals surface area contributed by atoms with Crippen molar-refractivity contribution in [1.82, 2.24) is 0 Å². The second-order valence-corrected chi connectivity index (χ2v) is 5.88. The number of fused-ring (bicyclic) bond motifs is 2. The number of ether oxygens (including phenoxy) is 1. The fraction of sp³-hybridized carbons (Fsp3) is 0.667. The quantitative estimate of drug-likeness (QED) is 0.852. The summed E-state index contributed by atoms with van der Waals surface area (Å²) in [7, 11) is 0. The van der Waals surface area contributed by atoms with Gasteiger partial charge in [0.25, 0.3) is 0 Å². The first-order valence-electron chi connectivity index (χ1n) is 5.70. The molecule has 0 amide bonds. The van der Waals surface area contributed by atoms with Gasteiger partial charge in [0.15, 0.2) is 0 Å². The fourth-order valence-corrected chi connectivity index (χ4v) is 3.98. The van der Waals surface area contributed by atoms with Crippen molar-refractivity contribution in [2.75, 3.05) is 6.54 Å². The van der Waals surface area contributed by atoms with Crippen LogP contribution in [0.5, 0.6) is 0 Å². The number of thiophene rings is 1. The van der Waals surface area contributed by atoms with E-state index in [1.165, 1.54) is 24.1 Å². The van der Waals surface area contributed by atoms with Crippen molar-refractivity contribution in [3.63, 3.8) is 0 Å². The summed E-state index contributed by atoms with van der Waals surface area (Å²) in [4.78, 5) is 1.46. The van der Waals surface area contributed by atoms with Crippen LogP contribution >= 0.6 is 11.3 Å². The summed E-state index contributed by atoms with van der Waals surface area (Å²) in [5.74, 6) is 0. The van der Waals surface area contributed by atoms with Crippen LogP contribution in [0.15, 0.2) is 17.5 Å². The zero-order valence-electron chi connectivity index (χ0n) is 8.82. The highest BCUT2D eigenvalue weighted by Gasteiger charge is 2.51. The third kappa shape index (κ3) is 1.53. The fourth-order valence-electron chi connectivity index (χ4n) is 3.12. The van der Waals surface area contributed by atoms with E-state index in [2.05, 4.69) is 17.5 Å². The molecular formula is C12H17NOS. The van der Waals surface area contributed by atoms with Gasteiger partial charge in [-0.25, -0.2) is 0 Å². The van der Waals surface area contributed by atoms with Gasteiger partial charge >= 0.3 is 0 Å². The zero-order chi connectivity index (χ0) is 10.3. The van der Waals surface area contributed by atoms with Crippen LogP contribution in [0.4, 0.5) is 0 Å². The third-order valence-corrected chi connectivity index (χ3v) is 4.81. The predicted octanol–water partition coefficient (Wildman–Crippen LogP) is 2.19. The normalized spacial score (nSPS) is 38.7. The third-order valence-electron chi connectivity index (χ3n) is 3.94. The minimum Gasteiger partial charge on any atom is -0.374 e. The smallest absolute Gasteiger partial charge is 0.0652 e. The van der Waals surface area contributed by atoms with E-state index in [9.17, 15) is 0 Å². The molecular weight excluding hydrogens is 206 g/mol. The van der Waals surface area contributed by atoms with Crippen LogP contribution in [0, 0.1) is 5.41 Å². The molecule has 2 bridgehead atoms. The van der Waals surface area contributed by atoms with E-state index in [1.54, 1.807) is 0 Å². The molecule has 2 aliphatic heterocycles. The lowest BCUT2D eigenvalue weighted by Gasteiger charge is -2.33. The average molecular weight is 223 g/mol. The van der Waals surface area contributed by atoms with Crippen molar-refractivity contribution in [2.45, 2.75) is 37.9 Å². The molecule has 0 aliphatic carbocycles. The van der Waals surface area contributed by atoms with Gasteiger partial charge in [0, 0.05) is 16.8 Å². The molecule has 3 atom stereocenters. The highest BCUT2D eigenvalue weighted by Crippen LogP contribution is 2.49. The molecule has 3 unspecified atom stereocenters. The van der Waals surface area contributed by atoms with Gasteiger partial charge in [0.2, 0.25) is 0 Å². The maximum absolute atomic E-state index is 6.00. The van der Waals surface area contributed by atoms with Gasteiger partial charge in [-0.3, -0.25) is 0 Å². The Morgan fingerprint density at radius 2 is 2.47 bits per heavy atom. The lowest BCUT2D eigenvalue weighted by Crippen LogP contribution is -2.41. The van der Waals surface area contributed by atoms with Crippen LogP contribution in [0.3, 0.4) is 0 Å². The molecule has 1 aromatic heterocycles. The molecule has 3 heteroatoms. The van der Waals surface area contributed by atoms with Crippen LogP contribution in [-0.2, 0) is 11.2 Å². The van der Waals surface area contributed by atoms with Gasteiger partial charge in [-0.05, 0) is 37.1 Å². The topological polar surface area (TPSA) is 35.2 Å². The Kier molecular flexibility index (Phi) is 2.34. The van der Waals surface area contributed by atoms with E-state index in [1.807, 2.05) is 11.3 Å². The Labute approximate surface area is 94.4 Å². The summed E-state index contributed by atoms with van der Waals surface area (Å²) in [6.07, 6.45) is 5.67. The SMILES string of the molecule is NCC1(Cc2cccs2)CC2CCC1O2. The molecule has 2 saturated heterocycles. The highest BCUT2D eigenvalue weighted by molar-refractivity contribution is 7.09. The predicted molar refractivity (Wildman–Crippen MR) is 62.0 cm³/mol. The van der Waals surface area contributed by atoms with Crippen LogP contribution in [0.25, 0.3) is 0 Å². The van der Waals surface area contributed by atoms with Crippen LogP contribution in [0.1, 0.15) is 24.1 Å². The monoisotopic (exact) mass is 223 g/mol. The van der Waals surface area contributed by atoms with Crippen molar-refractivity contribution in [1.29, 1.82) is 0 Å². The van der Waals surface area contributed by atoms with Crippen molar-refractivity contribution in [3.05, 3.63) is 22.4 Å². The van der Waals surface area contributed by atoms with Gasteiger partial charge in [-0.2, -0.15) is 0 Å². The van der Waals surface area contributed by atoms with E-state index in [0.717, 1.165) is 13.0 Å². The molecule has 15 heavy (non-hydrogen) atoms. The molecule has 1 aromatic rings. The lowest BCUT2D eigenvalue weighted by molar-refractivity contribution is 0.0639. The van der Waals surface area contributed by atoms with Crippen LogP contribution < -0.4 is 5.73 Å². The Balaban J connectivity index is 1.82. The number of hydrogen-bond donors (Lipinski definition) is 1. The molecule has 0 radical (unpaired) electrons. The largest absolute Gasteiger partial charge is 0.374 e. The molecule has 2 aliphatic rings. The number of hydrogen-bond acceptors (Lipinski definition) is 3. The second kappa shape index (κ2) is 3.58. The van der Waals surface area contributed by atoms with Gasteiger partial charge in [-0.15, -0.1) is 11.3 Å². The van der Waals surface area contributed by atoms with Gasteiger partial charge in [0.05, 0.1) is 12.2 Å². The maximum atomic E-state index is 6.00. The van der Waals surface area contributed by atoms with Crippen molar-refractivity contribution < 1.29 is 4.74 Å². The Bertz CT molecular complexity index is 337. The lowest BCUT2D eigenvalue weighted by atomic mass is 9.71. The minimum absolute atomic E-state index is 0.244.